The number of amides is 1. The van der Waals surface area contributed by atoms with E-state index in [2.05, 4.69) is 41.4 Å². The smallest absolute Gasteiger partial charge is 0.261 e. The molecule has 0 spiro atoms. The number of thiophene rings is 1. The zero-order valence-electron chi connectivity index (χ0n) is 11.7. The molecule has 1 aromatic heterocycles. The van der Waals surface area contributed by atoms with Crippen LogP contribution >= 0.6 is 11.3 Å². The lowest BCUT2D eigenvalue weighted by atomic mass is 10.2. The maximum absolute atomic E-state index is 11.8. The van der Waals surface area contributed by atoms with Crippen molar-refractivity contribution in [1.29, 1.82) is 0 Å². The van der Waals surface area contributed by atoms with Crippen molar-refractivity contribution in [3.63, 3.8) is 0 Å². The van der Waals surface area contributed by atoms with Gasteiger partial charge in [0, 0.05) is 25.3 Å². The van der Waals surface area contributed by atoms with Gasteiger partial charge in [0.15, 0.2) is 0 Å². The average Bonchev–Trinajstić information content (AvgIpc) is 3.02. The maximum Gasteiger partial charge on any atom is 0.261 e. The highest BCUT2D eigenvalue weighted by atomic mass is 32.1. The number of rotatable bonds is 7. The second kappa shape index (κ2) is 7.70. The number of hydrogen-bond acceptors (Lipinski definition) is 3. The van der Waals surface area contributed by atoms with Crippen molar-refractivity contribution < 1.29 is 4.79 Å². The number of carbonyl (C=O) groups is 1. The number of para-hydroxylation sites is 1. The molecule has 2 rings (SSSR count). The first kappa shape index (κ1) is 14.6. The standard InChI is InChI=1S/C16H20N2OS/c1-2-18(14-8-4-3-5-9-14)12-7-11-17-16(19)15-10-6-13-20-15/h3-6,8-10,13H,2,7,11-12H2,1H3,(H,17,19). The van der Waals surface area contributed by atoms with Crippen molar-refractivity contribution in [2.75, 3.05) is 24.5 Å². The van der Waals surface area contributed by atoms with E-state index in [0.717, 1.165) is 24.4 Å². The van der Waals surface area contributed by atoms with Crippen LogP contribution in [0.4, 0.5) is 5.69 Å². The molecule has 0 aliphatic carbocycles. The number of anilines is 1. The summed E-state index contributed by atoms with van der Waals surface area (Å²) in [5, 5.41) is 4.88. The van der Waals surface area contributed by atoms with E-state index in [1.165, 1.54) is 17.0 Å². The summed E-state index contributed by atoms with van der Waals surface area (Å²) < 4.78 is 0. The predicted molar refractivity (Wildman–Crippen MR) is 85.6 cm³/mol. The molecule has 0 aliphatic rings. The first-order valence-electron chi connectivity index (χ1n) is 6.93. The molecule has 0 fully saturated rings. The summed E-state index contributed by atoms with van der Waals surface area (Å²) in [5.41, 5.74) is 1.24. The van der Waals surface area contributed by atoms with E-state index in [0.29, 0.717) is 6.54 Å². The van der Waals surface area contributed by atoms with E-state index in [1.807, 2.05) is 23.6 Å². The van der Waals surface area contributed by atoms with Crippen LogP contribution in [0.1, 0.15) is 23.0 Å². The summed E-state index contributed by atoms with van der Waals surface area (Å²) in [6, 6.07) is 14.1. The molecular formula is C16H20N2OS. The average molecular weight is 288 g/mol. The Labute approximate surface area is 124 Å². The second-order valence-corrected chi connectivity index (χ2v) is 5.45. The molecular weight excluding hydrogens is 268 g/mol. The quantitative estimate of drug-likeness (QED) is 0.792. The number of benzene rings is 1. The normalized spacial score (nSPS) is 10.2. The minimum Gasteiger partial charge on any atom is -0.372 e. The van der Waals surface area contributed by atoms with E-state index in [1.54, 1.807) is 0 Å². The lowest BCUT2D eigenvalue weighted by Crippen LogP contribution is -2.29. The van der Waals surface area contributed by atoms with Gasteiger partial charge >= 0.3 is 0 Å². The summed E-state index contributed by atoms with van der Waals surface area (Å²) in [4.78, 5) is 14.9. The van der Waals surface area contributed by atoms with Gasteiger partial charge in [-0.2, -0.15) is 0 Å². The fourth-order valence-corrected chi connectivity index (χ4v) is 2.72. The lowest BCUT2D eigenvalue weighted by molar-refractivity contribution is 0.0957. The molecule has 1 N–H and O–H groups in total. The van der Waals surface area contributed by atoms with E-state index < -0.39 is 0 Å². The molecule has 2 aromatic rings. The molecule has 0 unspecified atom stereocenters. The van der Waals surface area contributed by atoms with Crippen molar-refractivity contribution in [2.45, 2.75) is 13.3 Å². The molecule has 4 heteroatoms. The Hall–Kier alpha value is -1.81. The van der Waals surface area contributed by atoms with Crippen LogP contribution in [0.2, 0.25) is 0 Å². The molecule has 0 bridgehead atoms. The Balaban J connectivity index is 1.73. The predicted octanol–water partition coefficient (Wildman–Crippen LogP) is 3.39. The summed E-state index contributed by atoms with van der Waals surface area (Å²) in [6.07, 6.45) is 0.944. The first-order chi connectivity index (χ1) is 9.81. The molecule has 3 nitrogen and oxygen atoms in total. The highest BCUT2D eigenvalue weighted by Gasteiger charge is 2.06. The molecule has 20 heavy (non-hydrogen) atoms. The minimum absolute atomic E-state index is 0.0303. The zero-order valence-corrected chi connectivity index (χ0v) is 12.5. The number of nitrogens with zero attached hydrogens (tertiary/aromatic N) is 1. The van der Waals surface area contributed by atoms with Gasteiger partial charge in [-0.3, -0.25) is 4.79 Å². The van der Waals surface area contributed by atoms with Crippen molar-refractivity contribution in [3.05, 3.63) is 52.7 Å². The molecule has 0 saturated carbocycles. The lowest BCUT2D eigenvalue weighted by Gasteiger charge is -2.23. The van der Waals surface area contributed by atoms with E-state index in [-0.39, 0.29) is 5.91 Å². The van der Waals surface area contributed by atoms with Crippen molar-refractivity contribution in [2.24, 2.45) is 0 Å². The molecule has 1 amide bonds. The molecule has 1 heterocycles. The van der Waals surface area contributed by atoms with Gasteiger partial charge in [0.25, 0.3) is 5.91 Å². The van der Waals surface area contributed by atoms with Gasteiger partial charge in [-0.25, -0.2) is 0 Å². The van der Waals surface area contributed by atoms with Crippen LogP contribution in [0.15, 0.2) is 47.8 Å². The monoisotopic (exact) mass is 288 g/mol. The molecule has 106 valence electrons. The molecule has 0 saturated heterocycles. The third-order valence-corrected chi connectivity index (χ3v) is 4.01. The highest BCUT2D eigenvalue weighted by molar-refractivity contribution is 7.12. The number of nitrogens with one attached hydrogen (secondary N) is 1. The van der Waals surface area contributed by atoms with Crippen molar-refractivity contribution >= 4 is 22.9 Å². The highest BCUT2D eigenvalue weighted by Crippen LogP contribution is 2.13. The number of hydrogen-bond donors (Lipinski definition) is 1. The van der Waals surface area contributed by atoms with Crippen LogP contribution in [0.5, 0.6) is 0 Å². The fraction of sp³-hybridized carbons (Fsp3) is 0.312. The van der Waals surface area contributed by atoms with Crippen LogP contribution in [-0.2, 0) is 0 Å². The van der Waals surface area contributed by atoms with Gasteiger partial charge in [0.1, 0.15) is 0 Å². The topological polar surface area (TPSA) is 32.3 Å². The SMILES string of the molecule is CCN(CCCNC(=O)c1cccs1)c1ccccc1. The second-order valence-electron chi connectivity index (χ2n) is 4.50. The summed E-state index contributed by atoms with van der Waals surface area (Å²) in [7, 11) is 0. The fourth-order valence-electron chi connectivity index (χ4n) is 2.08. The number of carbonyl (C=O) groups excluding carboxylic acids is 1. The minimum atomic E-state index is 0.0303. The molecule has 0 aliphatic heterocycles. The summed E-state index contributed by atoms with van der Waals surface area (Å²) in [6.45, 7) is 4.78. The van der Waals surface area contributed by atoms with Gasteiger partial charge in [-0.15, -0.1) is 11.3 Å². The van der Waals surface area contributed by atoms with Gasteiger partial charge in [0.05, 0.1) is 4.88 Å². The molecule has 0 radical (unpaired) electrons. The third kappa shape index (κ3) is 4.10. The summed E-state index contributed by atoms with van der Waals surface area (Å²) >= 11 is 1.47. The van der Waals surface area contributed by atoms with Gasteiger partial charge in [0.2, 0.25) is 0 Å². The molecule has 1 aromatic carbocycles. The first-order valence-corrected chi connectivity index (χ1v) is 7.81. The maximum atomic E-state index is 11.8. The zero-order chi connectivity index (χ0) is 14.2. The third-order valence-electron chi connectivity index (χ3n) is 3.14. The summed E-state index contributed by atoms with van der Waals surface area (Å²) in [5.74, 6) is 0.0303. The molecule has 0 atom stereocenters. The van der Waals surface area contributed by atoms with Gasteiger partial charge < -0.3 is 10.2 Å². The van der Waals surface area contributed by atoms with Crippen molar-refractivity contribution in [3.8, 4) is 0 Å². The largest absolute Gasteiger partial charge is 0.372 e. The van der Waals surface area contributed by atoms with Crippen LogP contribution in [-0.4, -0.2) is 25.5 Å². The van der Waals surface area contributed by atoms with E-state index in [9.17, 15) is 4.79 Å². The van der Waals surface area contributed by atoms with E-state index >= 15 is 0 Å². The Morgan fingerprint density at radius 1 is 1.20 bits per heavy atom. The van der Waals surface area contributed by atoms with Crippen LogP contribution < -0.4 is 10.2 Å². The van der Waals surface area contributed by atoms with Gasteiger partial charge in [-0.05, 0) is 36.9 Å². The Morgan fingerprint density at radius 2 is 2.00 bits per heavy atom. The van der Waals surface area contributed by atoms with E-state index in [4.69, 9.17) is 0 Å². The Kier molecular flexibility index (Phi) is 5.62. The van der Waals surface area contributed by atoms with Crippen LogP contribution in [0.3, 0.4) is 0 Å². The Bertz CT molecular complexity index is 511. The van der Waals surface area contributed by atoms with Crippen LogP contribution in [0, 0.1) is 0 Å². The van der Waals surface area contributed by atoms with Crippen molar-refractivity contribution in [1.82, 2.24) is 5.32 Å². The Morgan fingerprint density at radius 3 is 2.65 bits per heavy atom. The van der Waals surface area contributed by atoms with Gasteiger partial charge in [-0.1, -0.05) is 24.3 Å². The van der Waals surface area contributed by atoms with Crippen LogP contribution in [0.25, 0.3) is 0 Å².